The lowest BCUT2D eigenvalue weighted by Crippen LogP contribution is -2.17. The number of rotatable bonds is 5. The first-order chi connectivity index (χ1) is 7.72. The van der Waals surface area contributed by atoms with E-state index in [0.29, 0.717) is 11.8 Å². The number of hydrogen-bond donors (Lipinski definition) is 1. The molecule has 0 heterocycles. The Hall–Kier alpha value is -0.890. The van der Waals surface area contributed by atoms with Crippen LogP contribution in [0.5, 0.6) is 0 Å². The number of aryl methyl sites for hydroxylation is 1. The zero-order valence-corrected chi connectivity index (χ0v) is 10.1. The monoisotopic (exact) mass is 221 g/mol. The van der Waals surface area contributed by atoms with E-state index in [1.165, 1.54) is 24.0 Å². The van der Waals surface area contributed by atoms with E-state index >= 15 is 0 Å². The molecule has 1 aromatic carbocycles. The van der Waals surface area contributed by atoms with Crippen molar-refractivity contribution in [1.29, 1.82) is 0 Å². The van der Waals surface area contributed by atoms with Crippen LogP contribution in [-0.4, -0.2) is 13.1 Å². The van der Waals surface area contributed by atoms with Gasteiger partial charge in [-0.25, -0.2) is 4.39 Å². The van der Waals surface area contributed by atoms with Crippen molar-refractivity contribution in [2.75, 3.05) is 13.1 Å². The maximum absolute atomic E-state index is 13.2. The first kappa shape index (κ1) is 11.6. The minimum absolute atomic E-state index is 0.104. The van der Waals surface area contributed by atoms with Crippen LogP contribution in [0.1, 0.15) is 36.8 Å². The van der Waals surface area contributed by atoms with Gasteiger partial charge in [0.2, 0.25) is 0 Å². The molecule has 1 aromatic rings. The molecule has 2 heteroatoms. The molecular weight excluding hydrogens is 201 g/mol. The van der Waals surface area contributed by atoms with E-state index in [4.69, 9.17) is 0 Å². The van der Waals surface area contributed by atoms with Crippen molar-refractivity contribution in [3.05, 3.63) is 35.1 Å². The quantitative estimate of drug-likeness (QED) is 0.753. The molecule has 0 amide bonds. The van der Waals surface area contributed by atoms with Crippen LogP contribution >= 0.6 is 0 Å². The third kappa shape index (κ3) is 2.62. The van der Waals surface area contributed by atoms with E-state index in [1.807, 2.05) is 6.07 Å². The highest BCUT2D eigenvalue weighted by Gasteiger charge is 2.38. The van der Waals surface area contributed by atoms with E-state index in [2.05, 4.69) is 19.2 Å². The van der Waals surface area contributed by atoms with E-state index in [1.54, 1.807) is 12.1 Å². The lowest BCUT2D eigenvalue weighted by atomic mass is 10.0. The van der Waals surface area contributed by atoms with Gasteiger partial charge in [0.15, 0.2) is 0 Å². The van der Waals surface area contributed by atoms with Gasteiger partial charge in [0.05, 0.1) is 0 Å². The van der Waals surface area contributed by atoms with Gasteiger partial charge >= 0.3 is 0 Å². The standard InChI is InChI=1S/C14H20FN/c1-3-6-16-9-11-7-14(11)13-8-12(15)5-4-10(13)2/h4-5,8,11,14,16H,3,6-7,9H2,1-2H3. The smallest absolute Gasteiger partial charge is 0.123 e. The zero-order valence-electron chi connectivity index (χ0n) is 10.1. The predicted molar refractivity (Wildman–Crippen MR) is 65.1 cm³/mol. The summed E-state index contributed by atoms with van der Waals surface area (Å²) in [6.07, 6.45) is 2.39. The molecule has 1 saturated carbocycles. The molecule has 16 heavy (non-hydrogen) atoms. The highest BCUT2D eigenvalue weighted by molar-refractivity contribution is 5.34. The molecular formula is C14H20FN. The third-order valence-corrected chi connectivity index (χ3v) is 3.40. The van der Waals surface area contributed by atoms with Gasteiger partial charge in [-0.3, -0.25) is 0 Å². The second kappa shape index (κ2) is 4.96. The van der Waals surface area contributed by atoms with Crippen LogP contribution < -0.4 is 5.32 Å². The van der Waals surface area contributed by atoms with Crippen LogP contribution in [0.3, 0.4) is 0 Å². The summed E-state index contributed by atoms with van der Waals surface area (Å²) in [7, 11) is 0. The SMILES string of the molecule is CCCNCC1CC1c1cc(F)ccc1C. The van der Waals surface area contributed by atoms with E-state index in [0.717, 1.165) is 13.1 Å². The van der Waals surface area contributed by atoms with Crippen LogP contribution in [0.4, 0.5) is 4.39 Å². The minimum atomic E-state index is -0.104. The lowest BCUT2D eigenvalue weighted by molar-refractivity contribution is 0.612. The van der Waals surface area contributed by atoms with Crippen molar-refractivity contribution in [1.82, 2.24) is 5.32 Å². The highest BCUT2D eigenvalue weighted by atomic mass is 19.1. The molecule has 1 fully saturated rings. The fourth-order valence-electron chi connectivity index (χ4n) is 2.33. The molecule has 1 aliphatic rings. The third-order valence-electron chi connectivity index (χ3n) is 3.40. The molecule has 2 unspecified atom stereocenters. The summed E-state index contributed by atoms with van der Waals surface area (Å²) in [5, 5.41) is 3.44. The average Bonchev–Trinajstić information content (AvgIpc) is 3.02. The van der Waals surface area contributed by atoms with Crippen LogP contribution in [0.2, 0.25) is 0 Å². The molecule has 0 radical (unpaired) electrons. The Morgan fingerprint density at radius 3 is 3.00 bits per heavy atom. The molecule has 1 N–H and O–H groups in total. The number of halogens is 1. The molecule has 1 aliphatic carbocycles. The van der Waals surface area contributed by atoms with Crippen LogP contribution in [0.15, 0.2) is 18.2 Å². The first-order valence-corrected chi connectivity index (χ1v) is 6.19. The molecule has 0 aliphatic heterocycles. The fourth-order valence-corrected chi connectivity index (χ4v) is 2.33. The molecule has 88 valence electrons. The molecule has 2 rings (SSSR count). The van der Waals surface area contributed by atoms with E-state index in [-0.39, 0.29) is 5.82 Å². The molecule has 2 atom stereocenters. The lowest BCUT2D eigenvalue weighted by Gasteiger charge is -2.06. The van der Waals surface area contributed by atoms with Crippen molar-refractivity contribution >= 4 is 0 Å². The first-order valence-electron chi connectivity index (χ1n) is 6.19. The predicted octanol–water partition coefficient (Wildman–Crippen LogP) is 3.24. The molecule has 0 saturated heterocycles. The second-order valence-electron chi connectivity index (χ2n) is 4.81. The molecule has 0 aromatic heterocycles. The average molecular weight is 221 g/mol. The van der Waals surface area contributed by atoms with Gasteiger partial charge in [-0.05, 0) is 68.0 Å². The Balaban J connectivity index is 1.92. The van der Waals surface area contributed by atoms with Crippen LogP contribution in [0.25, 0.3) is 0 Å². The highest BCUT2D eigenvalue weighted by Crippen LogP contribution is 2.48. The normalized spacial score (nSPS) is 23.4. The van der Waals surface area contributed by atoms with Crippen molar-refractivity contribution in [3.63, 3.8) is 0 Å². The largest absolute Gasteiger partial charge is 0.316 e. The summed E-state index contributed by atoms with van der Waals surface area (Å²) in [5.74, 6) is 1.19. The van der Waals surface area contributed by atoms with Crippen molar-refractivity contribution < 1.29 is 4.39 Å². The van der Waals surface area contributed by atoms with Crippen molar-refractivity contribution in [2.45, 2.75) is 32.6 Å². The van der Waals surface area contributed by atoms with Gasteiger partial charge in [0.25, 0.3) is 0 Å². The van der Waals surface area contributed by atoms with Crippen molar-refractivity contribution in [2.24, 2.45) is 5.92 Å². The summed E-state index contributed by atoms with van der Waals surface area (Å²) >= 11 is 0. The van der Waals surface area contributed by atoms with Gasteiger partial charge in [-0.2, -0.15) is 0 Å². The van der Waals surface area contributed by atoms with Gasteiger partial charge < -0.3 is 5.32 Å². The molecule has 0 spiro atoms. The minimum Gasteiger partial charge on any atom is -0.316 e. The van der Waals surface area contributed by atoms with Gasteiger partial charge in [0, 0.05) is 0 Å². The summed E-state index contributed by atoms with van der Waals surface area (Å²) in [4.78, 5) is 0. The van der Waals surface area contributed by atoms with E-state index < -0.39 is 0 Å². The van der Waals surface area contributed by atoms with Crippen LogP contribution in [-0.2, 0) is 0 Å². The second-order valence-corrected chi connectivity index (χ2v) is 4.81. The Labute approximate surface area is 97.1 Å². The van der Waals surface area contributed by atoms with E-state index in [9.17, 15) is 4.39 Å². The van der Waals surface area contributed by atoms with Gasteiger partial charge in [-0.15, -0.1) is 0 Å². The number of benzene rings is 1. The maximum Gasteiger partial charge on any atom is 0.123 e. The maximum atomic E-state index is 13.2. The summed E-state index contributed by atoms with van der Waals surface area (Å²) in [5.41, 5.74) is 2.44. The Morgan fingerprint density at radius 2 is 2.25 bits per heavy atom. The summed E-state index contributed by atoms with van der Waals surface area (Å²) < 4.78 is 13.2. The fraction of sp³-hybridized carbons (Fsp3) is 0.571. The van der Waals surface area contributed by atoms with Gasteiger partial charge in [-0.1, -0.05) is 13.0 Å². The Kier molecular flexibility index (Phi) is 3.59. The number of hydrogen-bond acceptors (Lipinski definition) is 1. The number of nitrogens with one attached hydrogen (secondary N) is 1. The van der Waals surface area contributed by atoms with Crippen molar-refractivity contribution in [3.8, 4) is 0 Å². The Morgan fingerprint density at radius 1 is 1.44 bits per heavy atom. The Bertz CT molecular complexity index is 362. The van der Waals surface area contributed by atoms with Gasteiger partial charge in [0.1, 0.15) is 5.82 Å². The molecule has 0 bridgehead atoms. The topological polar surface area (TPSA) is 12.0 Å². The molecule has 1 nitrogen and oxygen atoms in total. The summed E-state index contributed by atoms with van der Waals surface area (Å²) in [6, 6.07) is 5.14. The summed E-state index contributed by atoms with van der Waals surface area (Å²) in [6.45, 7) is 6.41. The zero-order chi connectivity index (χ0) is 11.5. The van der Waals surface area contributed by atoms with Crippen LogP contribution in [0, 0.1) is 18.7 Å².